The number of hydrogen-bond acceptors (Lipinski definition) is 0. The van der Waals surface area contributed by atoms with Crippen LogP contribution in [0.4, 0.5) is 8.78 Å². The van der Waals surface area contributed by atoms with E-state index in [9.17, 15) is 8.78 Å². The van der Waals surface area contributed by atoms with Crippen molar-refractivity contribution in [1.82, 2.24) is 0 Å². The second kappa shape index (κ2) is 4.69. The Morgan fingerprint density at radius 3 is 1.31 bits per heavy atom. The molecule has 0 spiro atoms. The molecule has 0 nitrogen and oxygen atoms in total. The summed E-state index contributed by atoms with van der Waals surface area (Å²) in [4.78, 5) is 0. The van der Waals surface area contributed by atoms with Gasteiger partial charge in [0.1, 0.15) is 0 Å². The Morgan fingerprint density at radius 1 is 0.688 bits per heavy atom. The van der Waals surface area contributed by atoms with Crippen LogP contribution in [0.25, 0.3) is 0 Å². The molecule has 16 heavy (non-hydrogen) atoms. The summed E-state index contributed by atoms with van der Waals surface area (Å²) in [5, 5.41) is 0. The van der Waals surface area contributed by atoms with Crippen molar-refractivity contribution in [2.24, 2.45) is 0 Å². The van der Waals surface area contributed by atoms with Crippen molar-refractivity contribution in [2.45, 2.75) is 0 Å². The van der Waals surface area contributed by atoms with Gasteiger partial charge in [0.15, 0.2) is 0 Å². The molecule has 0 aromatic heterocycles. The maximum absolute atomic E-state index is 12.7. The van der Waals surface area contributed by atoms with E-state index >= 15 is 0 Å². The Kier molecular flexibility index (Phi) is 3.28. The molecule has 0 N–H and O–H groups in total. The summed E-state index contributed by atoms with van der Waals surface area (Å²) in [5.74, 6) is -0.536. The minimum atomic E-state index is -0.268. The molecule has 2 rings (SSSR count). The van der Waals surface area contributed by atoms with Gasteiger partial charge in [0.2, 0.25) is 0 Å². The second-order valence-electron chi connectivity index (χ2n) is 3.34. The fraction of sp³-hybridized carbons (Fsp3) is 0. The molecule has 3 heteroatoms. The summed E-state index contributed by atoms with van der Waals surface area (Å²) in [6.45, 7) is 0. The van der Waals surface area contributed by atoms with Crippen LogP contribution >= 0.6 is 0 Å². The number of benzene rings is 2. The molecule has 0 aliphatic heterocycles. The molecule has 0 amide bonds. The van der Waals surface area contributed by atoms with E-state index in [0.717, 1.165) is 15.5 Å². The molecule has 0 saturated carbocycles. The van der Waals surface area contributed by atoms with Crippen molar-refractivity contribution in [1.29, 1.82) is 0 Å². The quantitative estimate of drug-likeness (QED) is 0.742. The van der Waals surface area contributed by atoms with Crippen molar-refractivity contribution in [3.05, 3.63) is 71.3 Å². The van der Waals surface area contributed by atoms with Crippen LogP contribution in [0.1, 0.15) is 11.1 Å². The summed E-state index contributed by atoms with van der Waals surface area (Å²) in [7, 11) is 0. The van der Waals surface area contributed by atoms with Crippen molar-refractivity contribution in [3.63, 3.8) is 0 Å². The Balaban J connectivity index is 2.32. The molecule has 0 saturated heterocycles. The van der Waals surface area contributed by atoms with Gasteiger partial charge >= 0.3 is 100 Å². The fourth-order valence-corrected chi connectivity index (χ4v) is 1.94. The first-order chi connectivity index (χ1) is 7.66. The van der Waals surface area contributed by atoms with Crippen molar-refractivity contribution < 1.29 is 8.78 Å². The van der Waals surface area contributed by atoms with Crippen LogP contribution in [-0.4, -0.2) is 20.0 Å². The van der Waals surface area contributed by atoms with Crippen LogP contribution in [0.3, 0.4) is 0 Å². The Labute approximate surface area is 100 Å². The first-order valence-corrected chi connectivity index (χ1v) is 5.58. The van der Waals surface area contributed by atoms with Crippen LogP contribution in [-0.2, 0) is 0 Å². The van der Waals surface area contributed by atoms with Crippen molar-refractivity contribution >= 4 is 20.0 Å². The van der Waals surface area contributed by atoms with Crippen LogP contribution in [0.2, 0.25) is 0 Å². The van der Waals surface area contributed by atoms with Crippen molar-refractivity contribution in [3.8, 4) is 0 Å². The zero-order chi connectivity index (χ0) is 11.5. The van der Waals surface area contributed by atoms with Crippen LogP contribution < -0.4 is 0 Å². The molecule has 0 bridgehead atoms. The first kappa shape index (κ1) is 11.2. The molecule has 0 atom stereocenters. The summed E-state index contributed by atoms with van der Waals surface area (Å²) in [5.41, 5.74) is 1.76. The molecular weight excluding hydrogens is 273 g/mol. The predicted molar refractivity (Wildman–Crippen MR) is 61.8 cm³/mol. The molecule has 0 radical (unpaired) electrons. The van der Waals surface area contributed by atoms with Crippen LogP contribution in [0.5, 0.6) is 0 Å². The number of hydrogen-bond donors (Lipinski definition) is 0. The third-order valence-electron chi connectivity index (χ3n) is 2.21. The normalized spacial score (nSPS) is 10.1. The van der Waals surface area contributed by atoms with Gasteiger partial charge in [-0.25, -0.2) is 0 Å². The van der Waals surface area contributed by atoms with E-state index in [2.05, 4.69) is 15.6 Å². The maximum atomic E-state index is 12.7. The molecule has 0 unspecified atom stereocenters. The van der Waals surface area contributed by atoms with Gasteiger partial charge in [-0.15, -0.1) is 0 Å². The Morgan fingerprint density at radius 2 is 1.00 bits per heavy atom. The number of halogens is 2. The van der Waals surface area contributed by atoms with E-state index in [0.29, 0.717) is 0 Å². The summed E-state index contributed by atoms with van der Waals surface area (Å²) < 4.78 is 26.3. The number of rotatable bonds is 2. The van der Waals surface area contributed by atoms with Gasteiger partial charge in [0.25, 0.3) is 0 Å². The molecular formula is C13H8F2Se. The third kappa shape index (κ3) is 2.43. The Hall–Kier alpha value is -1.31. The average molecular weight is 281 g/mol. The van der Waals surface area contributed by atoms with E-state index in [-0.39, 0.29) is 11.6 Å². The van der Waals surface area contributed by atoms with E-state index in [4.69, 9.17) is 0 Å². The van der Waals surface area contributed by atoms with E-state index in [1.807, 2.05) is 0 Å². The molecule has 2 aromatic carbocycles. The first-order valence-electron chi connectivity index (χ1n) is 4.72. The summed E-state index contributed by atoms with van der Waals surface area (Å²) >= 11 is 2.92. The second-order valence-corrected chi connectivity index (χ2v) is 4.20. The van der Waals surface area contributed by atoms with Crippen LogP contribution in [0.15, 0.2) is 48.5 Å². The summed E-state index contributed by atoms with van der Waals surface area (Å²) in [6, 6.07) is 12.3. The zero-order valence-corrected chi connectivity index (χ0v) is 10.00. The predicted octanol–water partition coefficient (Wildman–Crippen LogP) is 2.70. The van der Waals surface area contributed by atoms with Gasteiger partial charge in [-0.3, -0.25) is 0 Å². The molecule has 2 aromatic rings. The average Bonchev–Trinajstić information content (AvgIpc) is 2.30. The van der Waals surface area contributed by atoms with Gasteiger partial charge in [-0.2, -0.15) is 0 Å². The topological polar surface area (TPSA) is 0 Å². The van der Waals surface area contributed by atoms with Gasteiger partial charge in [0.05, 0.1) is 0 Å². The van der Waals surface area contributed by atoms with Gasteiger partial charge in [-0.05, 0) is 0 Å². The van der Waals surface area contributed by atoms with Crippen molar-refractivity contribution in [2.75, 3.05) is 0 Å². The molecule has 0 aliphatic rings. The fourth-order valence-electron chi connectivity index (χ4n) is 1.37. The zero-order valence-electron chi connectivity index (χ0n) is 8.28. The summed E-state index contributed by atoms with van der Waals surface area (Å²) in [6.07, 6.45) is 0. The minimum absolute atomic E-state index is 0.268. The van der Waals surface area contributed by atoms with Gasteiger partial charge < -0.3 is 0 Å². The van der Waals surface area contributed by atoms with Gasteiger partial charge in [0, 0.05) is 0 Å². The van der Waals surface area contributed by atoms with E-state index in [1.165, 1.54) is 24.3 Å². The third-order valence-corrected chi connectivity index (χ3v) is 3.20. The monoisotopic (exact) mass is 282 g/mol. The standard InChI is InChI=1S/C13H8F2Se/c14-11-5-1-9(2-6-11)13(16)10-3-7-12(15)8-4-10/h1-8H. The SMILES string of the molecule is Fc1ccc(C(=[Se])c2ccc(F)cc2)cc1. The molecule has 0 aliphatic carbocycles. The Bertz CT molecular complexity index is 453. The van der Waals surface area contributed by atoms with E-state index < -0.39 is 0 Å². The van der Waals surface area contributed by atoms with Crippen LogP contribution in [0, 0.1) is 11.6 Å². The molecule has 80 valence electrons. The molecule has 0 heterocycles. The van der Waals surface area contributed by atoms with E-state index in [1.54, 1.807) is 24.3 Å². The van der Waals surface area contributed by atoms with Gasteiger partial charge in [-0.1, -0.05) is 0 Å². The molecule has 0 fully saturated rings.